The second-order valence-electron chi connectivity index (χ2n) is 5.38. The topological polar surface area (TPSA) is 51.0 Å². The molecule has 2 aromatic rings. The Morgan fingerprint density at radius 3 is 2.50 bits per heavy atom. The lowest BCUT2D eigenvalue weighted by Gasteiger charge is -2.17. The van der Waals surface area contributed by atoms with Crippen LogP contribution in [0.15, 0.2) is 28.8 Å². The third-order valence-corrected chi connectivity index (χ3v) is 3.37. The summed E-state index contributed by atoms with van der Waals surface area (Å²) in [7, 11) is 0. The molecule has 0 saturated carbocycles. The first-order valence-electron chi connectivity index (χ1n) is 7.22. The zero-order chi connectivity index (χ0) is 14.5. The van der Waals surface area contributed by atoms with Crippen molar-refractivity contribution in [3.05, 3.63) is 47.1 Å². The Kier molecular flexibility index (Phi) is 4.90. The highest BCUT2D eigenvalue weighted by atomic mass is 16.5. The Morgan fingerprint density at radius 2 is 1.90 bits per heavy atom. The highest BCUT2D eigenvalue weighted by molar-refractivity contribution is 5.22. The summed E-state index contributed by atoms with van der Waals surface area (Å²) in [6.45, 7) is 8.35. The van der Waals surface area contributed by atoms with E-state index >= 15 is 0 Å². The van der Waals surface area contributed by atoms with Gasteiger partial charge in [0.25, 0.3) is 0 Å². The Labute approximate surface area is 120 Å². The third-order valence-electron chi connectivity index (χ3n) is 3.37. The van der Waals surface area contributed by atoms with Gasteiger partial charge in [-0.15, -0.1) is 0 Å². The Bertz CT molecular complexity index is 533. The van der Waals surface area contributed by atoms with E-state index in [9.17, 15) is 0 Å². The largest absolute Gasteiger partial charge is 0.338 e. The van der Waals surface area contributed by atoms with Crippen molar-refractivity contribution in [2.24, 2.45) is 0 Å². The molecule has 1 aromatic heterocycles. The van der Waals surface area contributed by atoms with E-state index in [2.05, 4.69) is 60.5 Å². The molecule has 20 heavy (non-hydrogen) atoms. The number of benzene rings is 1. The van der Waals surface area contributed by atoms with Gasteiger partial charge < -0.3 is 9.84 Å². The number of aryl methyl sites for hydroxylation is 2. The van der Waals surface area contributed by atoms with Gasteiger partial charge in [0.05, 0.1) is 6.04 Å². The molecule has 2 atom stereocenters. The fraction of sp³-hybridized carbons (Fsp3) is 0.500. The third kappa shape index (κ3) is 3.90. The van der Waals surface area contributed by atoms with Crippen LogP contribution in [0.25, 0.3) is 0 Å². The number of nitrogens with one attached hydrogen (secondary N) is 1. The van der Waals surface area contributed by atoms with Gasteiger partial charge in [0.1, 0.15) is 0 Å². The van der Waals surface area contributed by atoms with Crippen LogP contribution in [0.3, 0.4) is 0 Å². The molecule has 1 aromatic carbocycles. The van der Waals surface area contributed by atoms with E-state index in [-0.39, 0.29) is 6.04 Å². The van der Waals surface area contributed by atoms with E-state index in [4.69, 9.17) is 4.52 Å². The molecule has 108 valence electrons. The van der Waals surface area contributed by atoms with Crippen LogP contribution in [0.1, 0.15) is 49.7 Å². The lowest BCUT2D eigenvalue weighted by atomic mass is 10.1. The van der Waals surface area contributed by atoms with E-state index in [1.165, 1.54) is 11.1 Å². The predicted octanol–water partition coefficient (Wildman–Crippen LogP) is 3.22. The molecule has 0 aliphatic heterocycles. The van der Waals surface area contributed by atoms with Crippen molar-refractivity contribution >= 4 is 0 Å². The van der Waals surface area contributed by atoms with Gasteiger partial charge in [0.15, 0.2) is 5.82 Å². The molecule has 1 N–H and O–H groups in total. The van der Waals surface area contributed by atoms with Gasteiger partial charge in [-0.05, 0) is 32.8 Å². The Balaban J connectivity index is 1.90. The maximum atomic E-state index is 5.26. The number of aromatic nitrogens is 2. The summed E-state index contributed by atoms with van der Waals surface area (Å²) in [6, 6.07) is 9.08. The van der Waals surface area contributed by atoms with Gasteiger partial charge in [-0.25, -0.2) is 0 Å². The predicted molar refractivity (Wildman–Crippen MR) is 79.6 cm³/mol. The minimum atomic E-state index is 0.0725. The average Bonchev–Trinajstić information content (AvgIpc) is 2.90. The average molecular weight is 273 g/mol. The summed E-state index contributed by atoms with van der Waals surface area (Å²) in [4.78, 5) is 4.36. The van der Waals surface area contributed by atoms with Gasteiger partial charge in [0, 0.05) is 12.5 Å². The highest BCUT2D eigenvalue weighted by Crippen LogP contribution is 2.13. The molecular formula is C16H23N3O. The Morgan fingerprint density at radius 1 is 1.20 bits per heavy atom. The van der Waals surface area contributed by atoms with Gasteiger partial charge >= 0.3 is 0 Å². The van der Waals surface area contributed by atoms with Crippen molar-refractivity contribution < 1.29 is 4.52 Å². The van der Waals surface area contributed by atoms with Crippen LogP contribution in [-0.4, -0.2) is 16.2 Å². The number of rotatable bonds is 6. The van der Waals surface area contributed by atoms with E-state index in [1.807, 2.05) is 6.92 Å². The molecule has 4 nitrogen and oxygen atoms in total. The molecule has 0 bridgehead atoms. The first kappa shape index (κ1) is 14.7. The van der Waals surface area contributed by atoms with E-state index < -0.39 is 0 Å². The van der Waals surface area contributed by atoms with Crippen molar-refractivity contribution in [3.8, 4) is 0 Å². The van der Waals surface area contributed by atoms with Crippen molar-refractivity contribution in [1.29, 1.82) is 0 Å². The molecule has 0 amide bonds. The highest BCUT2D eigenvalue weighted by Gasteiger charge is 2.16. The van der Waals surface area contributed by atoms with Crippen LogP contribution < -0.4 is 5.32 Å². The van der Waals surface area contributed by atoms with Crippen LogP contribution in [-0.2, 0) is 12.8 Å². The van der Waals surface area contributed by atoms with E-state index in [1.54, 1.807) is 0 Å². The number of nitrogens with zero attached hydrogens (tertiary/aromatic N) is 2. The molecule has 0 spiro atoms. The Hall–Kier alpha value is -1.68. The summed E-state index contributed by atoms with van der Waals surface area (Å²) < 4.78 is 5.26. The van der Waals surface area contributed by atoms with Gasteiger partial charge in [-0.2, -0.15) is 4.98 Å². The molecule has 0 aliphatic carbocycles. The summed E-state index contributed by atoms with van der Waals surface area (Å²) in [5.74, 6) is 1.43. The van der Waals surface area contributed by atoms with Crippen molar-refractivity contribution in [1.82, 2.24) is 15.5 Å². The second-order valence-corrected chi connectivity index (χ2v) is 5.38. The van der Waals surface area contributed by atoms with Crippen molar-refractivity contribution in [3.63, 3.8) is 0 Å². The zero-order valence-electron chi connectivity index (χ0n) is 12.7. The molecule has 0 aliphatic rings. The maximum Gasteiger partial charge on any atom is 0.243 e. The standard InChI is InChI=1S/C16H23N3O/c1-5-15-18-16(20-19-15)13(4)17-12(3)10-14-8-6-11(2)7-9-14/h6-9,12-13,17H,5,10H2,1-4H3/t12-,13+/m0/s1. The lowest BCUT2D eigenvalue weighted by molar-refractivity contribution is 0.324. The minimum absolute atomic E-state index is 0.0725. The molecule has 0 radical (unpaired) electrons. The van der Waals surface area contributed by atoms with Crippen LogP contribution in [0.4, 0.5) is 0 Å². The van der Waals surface area contributed by atoms with Crippen molar-refractivity contribution in [2.75, 3.05) is 0 Å². The molecular weight excluding hydrogens is 250 g/mol. The number of hydrogen-bond acceptors (Lipinski definition) is 4. The number of hydrogen-bond donors (Lipinski definition) is 1. The molecule has 0 unspecified atom stereocenters. The summed E-state index contributed by atoms with van der Waals surface area (Å²) in [5.41, 5.74) is 2.63. The monoisotopic (exact) mass is 273 g/mol. The maximum absolute atomic E-state index is 5.26. The molecule has 2 rings (SSSR count). The fourth-order valence-electron chi connectivity index (χ4n) is 2.22. The first-order chi connectivity index (χ1) is 9.58. The zero-order valence-corrected chi connectivity index (χ0v) is 12.7. The van der Waals surface area contributed by atoms with Crippen LogP contribution in [0, 0.1) is 6.92 Å². The van der Waals surface area contributed by atoms with Crippen LogP contribution in [0.5, 0.6) is 0 Å². The quantitative estimate of drug-likeness (QED) is 0.878. The normalized spacial score (nSPS) is 14.2. The fourth-order valence-corrected chi connectivity index (χ4v) is 2.22. The lowest BCUT2D eigenvalue weighted by Crippen LogP contribution is -2.30. The van der Waals surface area contributed by atoms with Gasteiger partial charge in [0.2, 0.25) is 5.89 Å². The molecule has 0 saturated heterocycles. The van der Waals surface area contributed by atoms with E-state index in [0.29, 0.717) is 11.9 Å². The second kappa shape index (κ2) is 6.66. The summed E-state index contributed by atoms with van der Waals surface area (Å²) in [6.07, 6.45) is 1.79. The smallest absolute Gasteiger partial charge is 0.243 e. The van der Waals surface area contributed by atoms with Crippen molar-refractivity contribution in [2.45, 2.75) is 52.6 Å². The van der Waals surface area contributed by atoms with Crippen LogP contribution in [0.2, 0.25) is 0 Å². The van der Waals surface area contributed by atoms with Crippen LogP contribution >= 0.6 is 0 Å². The first-order valence-corrected chi connectivity index (χ1v) is 7.22. The van der Waals surface area contributed by atoms with Gasteiger partial charge in [-0.3, -0.25) is 0 Å². The van der Waals surface area contributed by atoms with E-state index in [0.717, 1.165) is 18.7 Å². The SMILES string of the molecule is CCc1noc([C@@H](C)N[C@@H](C)Cc2ccc(C)cc2)n1. The molecule has 1 heterocycles. The van der Waals surface area contributed by atoms with Gasteiger partial charge in [-0.1, -0.05) is 41.9 Å². The minimum Gasteiger partial charge on any atom is -0.338 e. The molecule has 4 heteroatoms. The summed E-state index contributed by atoms with van der Waals surface area (Å²) in [5, 5.41) is 7.43. The summed E-state index contributed by atoms with van der Waals surface area (Å²) >= 11 is 0. The molecule has 0 fully saturated rings.